The van der Waals surface area contributed by atoms with E-state index >= 15 is 0 Å². The van der Waals surface area contributed by atoms with Crippen molar-refractivity contribution in [2.45, 2.75) is 64.7 Å². The molecule has 2 heterocycles. The average molecular weight is 416 g/mol. The molecule has 1 aliphatic heterocycles. The Balaban J connectivity index is 1.67. The Morgan fingerprint density at radius 2 is 1.86 bits per heavy atom. The molecule has 164 valence electrons. The zero-order chi connectivity index (χ0) is 21.0. The maximum Gasteiger partial charge on any atom is 0.435 e. The predicted molar refractivity (Wildman–Crippen MR) is 103 cm³/mol. The van der Waals surface area contributed by atoms with Gasteiger partial charge >= 0.3 is 6.18 Å². The molecular formula is C20H31F3N4O2. The molecule has 1 N–H and O–H groups in total. The Labute approximate surface area is 169 Å². The van der Waals surface area contributed by atoms with Gasteiger partial charge in [-0.1, -0.05) is 20.3 Å². The first-order valence-corrected chi connectivity index (χ1v) is 10.5. The second-order valence-corrected chi connectivity index (χ2v) is 8.25. The Bertz CT molecular complexity index is 697. The Morgan fingerprint density at radius 3 is 2.52 bits per heavy atom. The van der Waals surface area contributed by atoms with Crippen molar-refractivity contribution in [2.24, 2.45) is 5.92 Å². The Kier molecular flexibility index (Phi) is 7.21. The van der Waals surface area contributed by atoms with Crippen LogP contribution in [0.5, 0.6) is 0 Å². The minimum atomic E-state index is -4.49. The van der Waals surface area contributed by atoms with E-state index in [-0.39, 0.29) is 24.1 Å². The zero-order valence-corrected chi connectivity index (χ0v) is 17.2. The summed E-state index contributed by atoms with van der Waals surface area (Å²) in [5.74, 6) is 0.0402. The van der Waals surface area contributed by atoms with Crippen LogP contribution in [-0.4, -0.2) is 59.5 Å². The van der Waals surface area contributed by atoms with E-state index in [1.54, 1.807) is 0 Å². The molecule has 1 amide bonds. The van der Waals surface area contributed by atoms with Crippen LogP contribution in [0.1, 0.15) is 50.1 Å². The molecule has 1 unspecified atom stereocenters. The summed E-state index contributed by atoms with van der Waals surface area (Å²) < 4.78 is 46.9. The van der Waals surface area contributed by atoms with Gasteiger partial charge in [0.1, 0.15) is 6.54 Å². The number of hydrogen-bond donors (Lipinski definition) is 1. The van der Waals surface area contributed by atoms with Crippen LogP contribution in [0.4, 0.5) is 13.2 Å². The topological polar surface area (TPSA) is 59.4 Å². The molecule has 1 aromatic heterocycles. The lowest BCUT2D eigenvalue weighted by molar-refractivity contribution is -0.142. The lowest BCUT2D eigenvalue weighted by Gasteiger charge is -2.36. The van der Waals surface area contributed by atoms with Gasteiger partial charge in [-0.2, -0.15) is 18.3 Å². The monoisotopic (exact) mass is 416 g/mol. The van der Waals surface area contributed by atoms with E-state index in [9.17, 15) is 18.0 Å². The molecule has 9 heteroatoms. The highest BCUT2D eigenvalue weighted by Crippen LogP contribution is 2.35. The molecule has 1 saturated heterocycles. The van der Waals surface area contributed by atoms with Gasteiger partial charge in [0.05, 0.1) is 13.2 Å². The molecule has 0 radical (unpaired) electrons. The smallest absolute Gasteiger partial charge is 0.379 e. The SMILES string of the molecule is CC(C)C(CNC(=O)Cn1nc(C(F)(F)F)c2c1CCCCC2)N1CCOCC1. The van der Waals surface area contributed by atoms with Crippen molar-refractivity contribution in [3.63, 3.8) is 0 Å². The highest BCUT2D eigenvalue weighted by atomic mass is 19.4. The quantitative estimate of drug-likeness (QED) is 0.725. The molecular weight excluding hydrogens is 385 g/mol. The summed E-state index contributed by atoms with van der Waals surface area (Å²) >= 11 is 0. The molecule has 2 aliphatic rings. The molecule has 1 atom stereocenters. The first-order valence-electron chi connectivity index (χ1n) is 10.5. The number of ether oxygens (including phenoxy) is 1. The van der Waals surface area contributed by atoms with Crippen molar-refractivity contribution in [3.05, 3.63) is 17.0 Å². The predicted octanol–water partition coefficient (Wildman–Crippen LogP) is 2.64. The molecule has 1 aromatic rings. The van der Waals surface area contributed by atoms with Gasteiger partial charge in [-0.25, -0.2) is 0 Å². The largest absolute Gasteiger partial charge is 0.435 e. The number of carbonyl (C=O) groups excluding carboxylic acids is 1. The maximum atomic E-state index is 13.4. The summed E-state index contributed by atoms with van der Waals surface area (Å²) in [4.78, 5) is 14.9. The minimum absolute atomic E-state index is 0.170. The van der Waals surface area contributed by atoms with E-state index < -0.39 is 11.9 Å². The van der Waals surface area contributed by atoms with Gasteiger partial charge in [0.25, 0.3) is 0 Å². The van der Waals surface area contributed by atoms with Crippen LogP contribution in [0.15, 0.2) is 0 Å². The van der Waals surface area contributed by atoms with Crippen molar-refractivity contribution < 1.29 is 22.7 Å². The average Bonchev–Trinajstić information content (AvgIpc) is 2.84. The zero-order valence-electron chi connectivity index (χ0n) is 17.2. The lowest BCUT2D eigenvalue weighted by atomic mass is 10.0. The number of morpholine rings is 1. The molecule has 0 bridgehead atoms. The number of halogens is 3. The number of fused-ring (bicyclic) bond motifs is 1. The Hall–Kier alpha value is -1.61. The Morgan fingerprint density at radius 1 is 1.17 bits per heavy atom. The number of aromatic nitrogens is 2. The normalized spacial score (nSPS) is 19.7. The van der Waals surface area contributed by atoms with E-state index in [4.69, 9.17) is 4.74 Å². The first kappa shape index (κ1) is 22.1. The third kappa shape index (κ3) is 5.51. The van der Waals surface area contributed by atoms with Crippen molar-refractivity contribution >= 4 is 5.91 Å². The number of carbonyl (C=O) groups is 1. The van der Waals surface area contributed by atoms with Gasteiger partial charge in [-0.15, -0.1) is 0 Å². The van der Waals surface area contributed by atoms with Gasteiger partial charge < -0.3 is 10.1 Å². The fourth-order valence-corrected chi connectivity index (χ4v) is 4.31. The molecule has 1 fully saturated rings. The number of hydrogen-bond acceptors (Lipinski definition) is 4. The third-order valence-corrected chi connectivity index (χ3v) is 5.86. The van der Waals surface area contributed by atoms with E-state index in [2.05, 4.69) is 29.2 Å². The number of rotatable bonds is 6. The number of nitrogens with one attached hydrogen (secondary N) is 1. The molecule has 1 aliphatic carbocycles. The maximum absolute atomic E-state index is 13.4. The summed E-state index contributed by atoms with van der Waals surface area (Å²) in [7, 11) is 0. The second-order valence-electron chi connectivity index (χ2n) is 8.25. The van der Waals surface area contributed by atoms with Crippen molar-refractivity contribution in [1.82, 2.24) is 20.0 Å². The summed E-state index contributed by atoms with van der Waals surface area (Å²) in [6, 6.07) is 0.170. The molecule has 0 saturated carbocycles. The van der Waals surface area contributed by atoms with E-state index in [0.29, 0.717) is 44.2 Å². The van der Waals surface area contributed by atoms with Crippen LogP contribution in [0.2, 0.25) is 0 Å². The van der Waals surface area contributed by atoms with Crippen LogP contribution in [0, 0.1) is 5.92 Å². The number of amides is 1. The van der Waals surface area contributed by atoms with Crippen molar-refractivity contribution in [3.8, 4) is 0 Å². The van der Waals surface area contributed by atoms with Crippen LogP contribution in [0.25, 0.3) is 0 Å². The van der Waals surface area contributed by atoms with Crippen molar-refractivity contribution in [1.29, 1.82) is 0 Å². The molecule has 3 rings (SSSR count). The highest BCUT2D eigenvalue weighted by molar-refractivity contribution is 5.75. The van der Waals surface area contributed by atoms with Gasteiger partial charge in [-0.3, -0.25) is 14.4 Å². The number of alkyl halides is 3. The van der Waals surface area contributed by atoms with Gasteiger partial charge in [0.2, 0.25) is 5.91 Å². The second kappa shape index (κ2) is 9.47. The van der Waals surface area contributed by atoms with E-state index in [0.717, 1.165) is 32.4 Å². The summed E-state index contributed by atoms with van der Waals surface area (Å²) in [5.41, 5.74) is 0.0188. The highest BCUT2D eigenvalue weighted by Gasteiger charge is 2.39. The number of nitrogens with zero attached hydrogens (tertiary/aromatic N) is 3. The van der Waals surface area contributed by atoms with E-state index in [1.165, 1.54) is 4.68 Å². The van der Waals surface area contributed by atoms with Gasteiger partial charge in [0, 0.05) is 36.9 Å². The van der Waals surface area contributed by atoms with Crippen LogP contribution < -0.4 is 5.32 Å². The van der Waals surface area contributed by atoms with Crippen LogP contribution in [0.3, 0.4) is 0 Å². The van der Waals surface area contributed by atoms with Gasteiger partial charge in [-0.05, 0) is 31.6 Å². The minimum Gasteiger partial charge on any atom is -0.379 e. The molecule has 29 heavy (non-hydrogen) atoms. The third-order valence-electron chi connectivity index (χ3n) is 5.86. The molecule has 6 nitrogen and oxygen atoms in total. The molecule has 0 spiro atoms. The fraction of sp³-hybridized carbons (Fsp3) is 0.800. The van der Waals surface area contributed by atoms with Crippen molar-refractivity contribution in [2.75, 3.05) is 32.8 Å². The molecule has 0 aromatic carbocycles. The summed E-state index contributed by atoms with van der Waals surface area (Å²) in [6.45, 7) is 7.50. The first-order chi connectivity index (χ1) is 13.8. The standard InChI is InChI=1S/C20H31F3N4O2/c1-14(2)17(26-8-10-29-11-9-26)12-24-18(28)13-27-16-7-5-3-4-6-15(16)19(25-27)20(21,22)23/h14,17H,3-13H2,1-2H3,(H,24,28). The van der Waals surface area contributed by atoms with Crippen LogP contribution >= 0.6 is 0 Å². The van der Waals surface area contributed by atoms with Crippen LogP contribution in [-0.2, 0) is 35.1 Å². The lowest BCUT2D eigenvalue weighted by Crippen LogP contribution is -2.51. The summed E-state index contributed by atoms with van der Waals surface area (Å²) in [6.07, 6.45) is -1.14. The summed E-state index contributed by atoms with van der Waals surface area (Å²) in [5, 5.41) is 6.72. The fourth-order valence-electron chi connectivity index (χ4n) is 4.31. The van der Waals surface area contributed by atoms with E-state index in [1.807, 2.05) is 0 Å². The van der Waals surface area contributed by atoms with Gasteiger partial charge in [0.15, 0.2) is 5.69 Å².